The molecule has 0 spiro atoms. The molecular formula is C15H14N2O. The van der Waals surface area contributed by atoms with Gasteiger partial charge in [-0.3, -0.25) is 0 Å². The molecule has 2 amide bonds. The highest BCUT2D eigenvalue weighted by Gasteiger charge is 2.08. The lowest BCUT2D eigenvalue weighted by Gasteiger charge is -2.04. The first-order valence-corrected chi connectivity index (χ1v) is 5.64. The molecule has 2 aromatic carbocycles. The predicted molar refractivity (Wildman–Crippen MR) is 73.6 cm³/mol. The van der Waals surface area contributed by atoms with Crippen LogP contribution in [0.5, 0.6) is 0 Å². The minimum absolute atomic E-state index is 0.0833. The Hall–Kier alpha value is -2.55. The monoisotopic (exact) mass is 238 g/mol. The molecule has 3 nitrogen and oxygen atoms in total. The summed E-state index contributed by atoms with van der Waals surface area (Å²) in [6.07, 6.45) is 1.89. The summed E-state index contributed by atoms with van der Waals surface area (Å²) in [6, 6.07) is 18.6. The lowest BCUT2D eigenvalue weighted by atomic mass is 10.00. The minimum Gasteiger partial charge on any atom is -0.246 e. The van der Waals surface area contributed by atoms with Crippen molar-refractivity contribution in [3.63, 3.8) is 0 Å². The van der Waals surface area contributed by atoms with Gasteiger partial charge < -0.3 is 0 Å². The number of nitrogens with one attached hydrogen (secondary N) is 2. The van der Waals surface area contributed by atoms with Crippen LogP contribution in [0.15, 0.2) is 61.2 Å². The van der Waals surface area contributed by atoms with Crippen LogP contribution >= 0.6 is 0 Å². The zero-order valence-corrected chi connectivity index (χ0v) is 9.89. The largest absolute Gasteiger partial charge is 0.352 e. The smallest absolute Gasteiger partial charge is 0.246 e. The molecule has 1 fully saturated rings. The van der Waals surface area contributed by atoms with Crippen molar-refractivity contribution in [1.82, 2.24) is 10.9 Å². The lowest BCUT2D eigenvalue weighted by Crippen LogP contribution is -1.81. The van der Waals surface area contributed by atoms with Gasteiger partial charge in [0.25, 0.3) is 0 Å². The molecule has 18 heavy (non-hydrogen) atoms. The number of hydrogen-bond donors (Lipinski definition) is 2. The van der Waals surface area contributed by atoms with Gasteiger partial charge in [-0.25, -0.2) is 15.6 Å². The van der Waals surface area contributed by atoms with Gasteiger partial charge in [-0.1, -0.05) is 67.3 Å². The van der Waals surface area contributed by atoms with Crippen LogP contribution in [0.3, 0.4) is 0 Å². The first-order valence-electron chi connectivity index (χ1n) is 5.64. The molecule has 0 saturated carbocycles. The van der Waals surface area contributed by atoms with E-state index in [-0.39, 0.29) is 6.03 Å². The third-order valence-corrected chi connectivity index (χ3v) is 2.49. The van der Waals surface area contributed by atoms with Crippen LogP contribution in [0.25, 0.3) is 17.2 Å². The molecule has 0 aromatic heterocycles. The molecule has 2 N–H and O–H groups in total. The Morgan fingerprint density at radius 2 is 1.44 bits per heavy atom. The van der Waals surface area contributed by atoms with E-state index >= 15 is 0 Å². The second-order valence-corrected chi connectivity index (χ2v) is 3.74. The van der Waals surface area contributed by atoms with Crippen molar-refractivity contribution in [3.8, 4) is 11.1 Å². The Kier molecular flexibility index (Phi) is 3.76. The maximum Gasteiger partial charge on any atom is 0.352 e. The average molecular weight is 238 g/mol. The van der Waals surface area contributed by atoms with E-state index in [1.165, 1.54) is 16.7 Å². The van der Waals surface area contributed by atoms with E-state index in [2.05, 4.69) is 59.9 Å². The maximum atomic E-state index is 9.33. The summed E-state index contributed by atoms with van der Waals surface area (Å²) in [5.74, 6) is 0. The van der Waals surface area contributed by atoms with Crippen LogP contribution in [-0.2, 0) is 0 Å². The van der Waals surface area contributed by atoms with Crippen molar-refractivity contribution >= 4 is 12.1 Å². The molecule has 1 heterocycles. The second kappa shape index (κ2) is 5.68. The summed E-state index contributed by atoms with van der Waals surface area (Å²) in [7, 11) is 0. The van der Waals surface area contributed by atoms with Gasteiger partial charge in [0.2, 0.25) is 0 Å². The van der Waals surface area contributed by atoms with E-state index < -0.39 is 0 Å². The molecule has 0 unspecified atom stereocenters. The maximum absolute atomic E-state index is 9.33. The molecule has 90 valence electrons. The number of carbonyl (C=O) groups is 1. The third kappa shape index (κ3) is 3.22. The van der Waals surface area contributed by atoms with Gasteiger partial charge in [0.15, 0.2) is 0 Å². The van der Waals surface area contributed by atoms with Gasteiger partial charge in [0, 0.05) is 0 Å². The van der Waals surface area contributed by atoms with Crippen LogP contribution in [0, 0.1) is 0 Å². The van der Waals surface area contributed by atoms with Gasteiger partial charge in [-0.15, -0.1) is 0 Å². The van der Waals surface area contributed by atoms with E-state index in [0.717, 1.165) is 0 Å². The Morgan fingerprint density at radius 3 is 2.00 bits per heavy atom. The van der Waals surface area contributed by atoms with E-state index in [0.29, 0.717) is 0 Å². The summed E-state index contributed by atoms with van der Waals surface area (Å²) in [4.78, 5) is 9.33. The van der Waals surface area contributed by atoms with Gasteiger partial charge in [-0.2, -0.15) is 0 Å². The standard InChI is InChI=1S/C14H12.CH2N2O/c1-2-12-8-6-7-11-14(12)13-9-4-3-5-10-13;4-1-2-3-1/h2-11H,1H2;(H2,2,3,4). The van der Waals surface area contributed by atoms with Gasteiger partial charge in [-0.05, 0) is 16.7 Å². The molecule has 0 bridgehead atoms. The predicted octanol–water partition coefficient (Wildman–Crippen LogP) is 3.21. The summed E-state index contributed by atoms with van der Waals surface area (Å²) in [5.41, 5.74) is 8.07. The Bertz CT molecular complexity index is 543. The number of benzene rings is 2. The Morgan fingerprint density at radius 1 is 0.889 bits per heavy atom. The highest BCUT2D eigenvalue weighted by Crippen LogP contribution is 2.23. The number of carbonyl (C=O) groups excluding carboxylic acids is 1. The molecule has 3 rings (SSSR count). The quantitative estimate of drug-likeness (QED) is 0.775. The molecule has 3 heteroatoms. The third-order valence-electron chi connectivity index (χ3n) is 2.49. The number of urea groups is 1. The van der Waals surface area contributed by atoms with Crippen molar-refractivity contribution in [3.05, 3.63) is 66.7 Å². The number of rotatable bonds is 2. The molecule has 1 saturated heterocycles. The normalized spacial score (nSPS) is 11.4. The number of amides is 2. The van der Waals surface area contributed by atoms with Gasteiger partial charge >= 0.3 is 6.03 Å². The van der Waals surface area contributed by atoms with Crippen molar-refractivity contribution < 1.29 is 4.79 Å². The summed E-state index contributed by atoms with van der Waals surface area (Å²) in [5, 5.41) is 0. The Balaban J connectivity index is 0.000000256. The summed E-state index contributed by atoms with van der Waals surface area (Å²) >= 11 is 0. The van der Waals surface area contributed by atoms with E-state index in [1.807, 2.05) is 18.2 Å². The highest BCUT2D eigenvalue weighted by atomic mass is 16.2. The van der Waals surface area contributed by atoms with Crippen molar-refractivity contribution in [2.24, 2.45) is 0 Å². The molecule has 0 aliphatic carbocycles. The number of hydrogen-bond acceptors (Lipinski definition) is 1. The first-order chi connectivity index (χ1) is 8.81. The van der Waals surface area contributed by atoms with Crippen LogP contribution in [0.1, 0.15) is 5.56 Å². The zero-order chi connectivity index (χ0) is 12.8. The Labute approximate surface area is 106 Å². The van der Waals surface area contributed by atoms with Crippen molar-refractivity contribution in [2.45, 2.75) is 0 Å². The fourth-order valence-corrected chi connectivity index (χ4v) is 1.58. The molecule has 2 aromatic rings. The van der Waals surface area contributed by atoms with Crippen molar-refractivity contribution in [2.75, 3.05) is 0 Å². The molecular weight excluding hydrogens is 224 g/mol. The van der Waals surface area contributed by atoms with E-state index in [9.17, 15) is 4.79 Å². The topological polar surface area (TPSA) is 61.0 Å². The van der Waals surface area contributed by atoms with Gasteiger partial charge in [0.05, 0.1) is 0 Å². The van der Waals surface area contributed by atoms with Crippen LogP contribution in [-0.4, -0.2) is 6.03 Å². The molecule has 0 atom stereocenters. The first kappa shape index (κ1) is 11.9. The van der Waals surface area contributed by atoms with Crippen LogP contribution < -0.4 is 10.9 Å². The van der Waals surface area contributed by atoms with E-state index in [1.54, 1.807) is 0 Å². The summed E-state index contributed by atoms with van der Waals surface area (Å²) in [6.45, 7) is 3.82. The minimum atomic E-state index is -0.0833. The van der Waals surface area contributed by atoms with Gasteiger partial charge in [0.1, 0.15) is 0 Å². The number of hydrazine groups is 1. The highest BCUT2D eigenvalue weighted by molar-refractivity contribution is 5.85. The SMILES string of the molecule is C=Cc1ccccc1-c1ccccc1.O=C1NN1. The summed E-state index contributed by atoms with van der Waals surface area (Å²) < 4.78 is 0. The zero-order valence-electron chi connectivity index (χ0n) is 9.89. The molecule has 1 aliphatic heterocycles. The molecule has 1 aliphatic rings. The average Bonchev–Trinajstić information content (AvgIpc) is 3.23. The fourth-order valence-electron chi connectivity index (χ4n) is 1.58. The van der Waals surface area contributed by atoms with Crippen molar-refractivity contribution in [1.29, 1.82) is 0 Å². The second-order valence-electron chi connectivity index (χ2n) is 3.74. The molecule has 0 radical (unpaired) electrons. The fraction of sp³-hybridized carbons (Fsp3) is 0. The van der Waals surface area contributed by atoms with E-state index in [4.69, 9.17) is 0 Å². The van der Waals surface area contributed by atoms with Crippen LogP contribution in [0.2, 0.25) is 0 Å². The lowest BCUT2D eigenvalue weighted by molar-refractivity contribution is 0.266. The van der Waals surface area contributed by atoms with Crippen LogP contribution in [0.4, 0.5) is 4.79 Å².